The Kier molecular flexibility index (Phi) is 5.12. The normalized spacial score (nSPS) is 19.0. The van der Waals surface area contributed by atoms with Crippen LogP contribution in [0.2, 0.25) is 10.0 Å². The van der Waals surface area contributed by atoms with E-state index in [1.807, 2.05) is 0 Å². The molecule has 10 heteroatoms. The molecule has 3 rings (SSSR count). The first-order chi connectivity index (χ1) is 11.4. The maximum Gasteiger partial charge on any atom is 0.246 e. The molecule has 1 atom stereocenters. The molecular formula is C14H16Cl2N4O3S. The second kappa shape index (κ2) is 6.97. The van der Waals surface area contributed by atoms with Crippen LogP contribution in [0.25, 0.3) is 0 Å². The fraction of sp³-hybridized carbons (Fsp3) is 0.429. The molecule has 130 valence electrons. The third-order valence-corrected chi connectivity index (χ3v) is 6.69. The van der Waals surface area contributed by atoms with Gasteiger partial charge in [-0.3, -0.25) is 0 Å². The highest BCUT2D eigenvalue weighted by Gasteiger charge is 2.36. The van der Waals surface area contributed by atoms with E-state index in [9.17, 15) is 8.42 Å². The molecule has 0 radical (unpaired) electrons. The van der Waals surface area contributed by atoms with Crippen LogP contribution in [-0.2, 0) is 21.4 Å². The second-order valence-corrected chi connectivity index (χ2v) is 8.17. The van der Waals surface area contributed by atoms with Crippen LogP contribution in [0.15, 0.2) is 29.3 Å². The summed E-state index contributed by atoms with van der Waals surface area (Å²) < 4.78 is 33.8. The Morgan fingerprint density at radius 2 is 2.04 bits per heavy atom. The minimum absolute atomic E-state index is 0.0485. The van der Waals surface area contributed by atoms with Gasteiger partial charge in [0, 0.05) is 20.2 Å². The highest BCUT2D eigenvalue weighted by molar-refractivity contribution is 7.89. The van der Waals surface area contributed by atoms with Gasteiger partial charge < -0.3 is 4.74 Å². The van der Waals surface area contributed by atoms with E-state index in [1.54, 1.807) is 24.1 Å². The number of methoxy groups -OCH3 is 1. The zero-order chi connectivity index (χ0) is 17.3. The van der Waals surface area contributed by atoms with Gasteiger partial charge in [0.15, 0.2) is 0 Å². The van der Waals surface area contributed by atoms with E-state index in [2.05, 4.69) is 10.3 Å². The fourth-order valence-corrected chi connectivity index (χ4v) is 5.29. The summed E-state index contributed by atoms with van der Waals surface area (Å²) in [7, 11) is -2.18. The van der Waals surface area contributed by atoms with Gasteiger partial charge in [-0.2, -0.15) is 4.31 Å². The number of benzene rings is 1. The molecule has 7 nitrogen and oxygen atoms in total. The van der Waals surface area contributed by atoms with Gasteiger partial charge in [-0.1, -0.05) is 34.5 Å². The van der Waals surface area contributed by atoms with Crippen molar-refractivity contribution >= 4 is 33.2 Å². The molecule has 1 aromatic heterocycles. The summed E-state index contributed by atoms with van der Waals surface area (Å²) in [6.45, 7) is 1.03. The molecule has 0 spiro atoms. The second-order valence-electron chi connectivity index (χ2n) is 5.48. The molecule has 1 aliphatic heterocycles. The average Bonchev–Trinajstić information content (AvgIpc) is 3.16. The van der Waals surface area contributed by atoms with Crippen LogP contribution < -0.4 is 0 Å². The van der Waals surface area contributed by atoms with Gasteiger partial charge in [0.1, 0.15) is 10.6 Å². The van der Waals surface area contributed by atoms with Crippen molar-refractivity contribution in [2.45, 2.75) is 24.0 Å². The van der Waals surface area contributed by atoms with Gasteiger partial charge in [0.05, 0.1) is 28.9 Å². The van der Waals surface area contributed by atoms with Crippen LogP contribution >= 0.6 is 23.2 Å². The summed E-state index contributed by atoms with van der Waals surface area (Å²) in [5, 5.41) is 8.30. The summed E-state index contributed by atoms with van der Waals surface area (Å²) in [6, 6.07) is 4.56. The monoisotopic (exact) mass is 390 g/mol. The van der Waals surface area contributed by atoms with Crippen LogP contribution in [0.5, 0.6) is 0 Å². The Balaban J connectivity index is 1.81. The topological polar surface area (TPSA) is 77.3 Å². The van der Waals surface area contributed by atoms with Crippen molar-refractivity contribution in [2.75, 3.05) is 20.2 Å². The highest BCUT2D eigenvalue weighted by atomic mass is 35.5. The van der Waals surface area contributed by atoms with Gasteiger partial charge in [0.2, 0.25) is 10.0 Å². The quantitative estimate of drug-likeness (QED) is 0.782. The molecule has 1 fully saturated rings. The molecule has 1 aromatic carbocycles. The Morgan fingerprint density at radius 3 is 2.71 bits per heavy atom. The van der Waals surface area contributed by atoms with Crippen LogP contribution in [-0.4, -0.2) is 47.9 Å². The Bertz CT molecular complexity index is 820. The summed E-state index contributed by atoms with van der Waals surface area (Å²) in [5.41, 5.74) is 0.702. The zero-order valence-corrected chi connectivity index (χ0v) is 15.2. The first kappa shape index (κ1) is 17.6. The van der Waals surface area contributed by atoms with E-state index >= 15 is 0 Å². The molecule has 0 amide bonds. The minimum Gasteiger partial charge on any atom is -0.378 e. The number of rotatable bonds is 5. The predicted molar refractivity (Wildman–Crippen MR) is 89.6 cm³/mol. The first-order valence-corrected chi connectivity index (χ1v) is 9.47. The molecule has 0 unspecified atom stereocenters. The van der Waals surface area contributed by atoms with E-state index in [0.29, 0.717) is 31.8 Å². The van der Waals surface area contributed by atoms with Crippen molar-refractivity contribution in [1.82, 2.24) is 19.3 Å². The van der Waals surface area contributed by atoms with E-state index in [-0.39, 0.29) is 21.0 Å². The SMILES string of the molecule is COCc1cn([C@@H]2CCN(S(=O)(=O)c3c(Cl)cccc3Cl)C2)nn1. The van der Waals surface area contributed by atoms with Gasteiger partial charge in [-0.25, -0.2) is 13.1 Å². The molecule has 0 aliphatic carbocycles. The van der Waals surface area contributed by atoms with Crippen molar-refractivity contribution < 1.29 is 13.2 Å². The lowest BCUT2D eigenvalue weighted by Gasteiger charge is -2.18. The van der Waals surface area contributed by atoms with Crippen molar-refractivity contribution in [3.63, 3.8) is 0 Å². The Morgan fingerprint density at radius 1 is 1.33 bits per heavy atom. The molecule has 2 aromatic rings. The van der Waals surface area contributed by atoms with Crippen molar-refractivity contribution in [3.05, 3.63) is 40.1 Å². The third kappa shape index (κ3) is 3.29. The Hall–Kier alpha value is -1.19. The van der Waals surface area contributed by atoms with Gasteiger partial charge >= 0.3 is 0 Å². The number of aromatic nitrogens is 3. The number of ether oxygens (including phenoxy) is 1. The van der Waals surface area contributed by atoms with Crippen LogP contribution in [0, 0.1) is 0 Å². The van der Waals surface area contributed by atoms with Crippen molar-refractivity contribution in [2.24, 2.45) is 0 Å². The third-order valence-electron chi connectivity index (χ3n) is 3.87. The lowest BCUT2D eigenvalue weighted by Crippen LogP contribution is -2.29. The van der Waals surface area contributed by atoms with E-state index in [4.69, 9.17) is 27.9 Å². The zero-order valence-electron chi connectivity index (χ0n) is 12.9. The van der Waals surface area contributed by atoms with E-state index < -0.39 is 10.0 Å². The number of sulfonamides is 1. The largest absolute Gasteiger partial charge is 0.378 e. The van der Waals surface area contributed by atoms with E-state index in [0.717, 1.165) is 0 Å². The maximum atomic E-state index is 12.9. The summed E-state index contributed by atoms with van der Waals surface area (Å²) in [4.78, 5) is -0.0485. The van der Waals surface area contributed by atoms with Gasteiger partial charge in [-0.05, 0) is 18.6 Å². The van der Waals surface area contributed by atoms with Crippen molar-refractivity contribution in [3.8, 4) is 0 Å². The smallest absolute Gasteiger partial charge is 0.246 e. The first-order valence-electron chi connectivity index (χ1n) is 7.27. The molecule has 0 saturated carbocycles. The summed E-state index contributed by atoms with van der Waals surface area (Å²) >= 11 is 12.1. The van der Waals surface area contributed by atoms with Crippen LogP contribution in [0.4, 0.5) is 0 Å². The predicted octanol–water partition coefficient (Wildman–Crippen LogP) is 2.37. The molecule has 0 N–H and O–H groups in total. The van der Waals surface area contributed by atoms with Crippen LogP contribution in [0.3, 0.4) is 0 Å². The van der Waals surface area contributed by atoms with Crippen molar-refractivity contribution in [1.29, 1.82) is 0 Å². The molecule has 0 bridgehead atoms. The number of nitrogens with zero attached hydrogens (tertiary/aromatic N) is 4. The average molecular weight is 391 g/mol. The molecule has 2 heterocycles. The number of halogens is 2. The molecule has 1 saturated heterocycles. The lowest BCUT2D eigenvalue weighted by atomic mass is 10.3. The fourth-order valence-electron chi connectivity index (χ4n) is 2.71. The van der Waals surface area contributed by atoms with Gasteiger partial charge in [-0.15, -0.1) is 5.10 Å². The lowest BCUT2D eigenvalue weighted by molar-refractivity contribution is 0.181. The maximum absolute atomic E-state index is 12.9. The molecular weight excluding hydrogens is 375 g/mol. The van der Waals surface area contributed by atoms with E-state index in [1.165, 1.54) is 16.4 Å². The molecule has 1 aliphatic rings. The minimum atomic E-state index is -3.76. The number of hydrogen-bond acceptors (Lipinski definition) is 5. The standard InChI is InChI=1S/C14H16Cl2N4O3S/c1-23-9-10-7-20(18-17-10)11-5-6-19(8-11)24(21,22)14-12(15)3-2-4-13(14)16/h2-4,7,11H,5-6,8-9H2,1H3/t11-/m1/s1. The van der Waals surface area contributed by atoms with Crippen LogP contribution in [0.1, 0.15) is 18.2 Å². The number of hydrogen-bond donors (Lipinski definition) is 0. The van der Waals surface area contributed by atoms with Gasteiger partial charge in [0.25, 0.3) is 0 Å². The molecule has 24 heavy (non-hydrogen) atoms. The highest BCUT2D eigenvalue weighted by Crippen LogP contribution is 2.34. The summed E-state index contributed by atoms with van der Waals surface area (Å²) in [6.07, 6.45) is 2.41. The Labute approximate surface area is 150 Å². The summed E-state index contributed by atoms with van der Waals surface area (Å²) in [5.74, 6) is 0.